The fourth-order valence-corrected chi connectivity index (χ4v) is 6.24. The summed E-state index contributed by atoms with van der Waals surface area (Å²) >= 11 is 2.17. The molecule has 3 atom stereocenters. The number of hydrogen-bond acceptors (Lipinski definition) is 7. The number of aliphatic carboxylic acids is 1. The fourth-order valence-electron chi connectivity index (χ4n) is 3.70. The summed E-state index contributed by atoms with van der Waals surface area (Å²) in [6, 6.07) is 7.60. The summed E-state index contributed by atoms with van der Waals surface area (Å²) in [5.74, 6) is -3.47. The lowest BCUT2D eigenvalue weighted by Crippen LogP contribution is -2.36. The first-order valence-corrected chi connectivity index (χ1v) is 10.2. The van der Waals surface area contributed by atoms with Crippen molar-refractivity contribution in [3.05, 3.63) is 44.4 Å². The van der Waals surface area contributed by atoms with Crippen LogP contribution in [0.25, 0.3) is 0 Å². The van der Waals surface area contributed by atoms with Crippen molar-refractivity contribution >= 4 is 46.6 Å². The molecule has 1 saturated heterocycles. The van der Waals surface area contributed by atoms with E-state index in [4.69, 9.17) is 5.11 Å². The third-order valence-electron chi connectivity index (χ3n) is 4.98. The number of carbonyl (C=O) groups is 3. The number of hydrogen-bond donors (Lipinski definition) is 2. The van der Waals surface area contributed by atoms with Gasteiger partial charge in [0.05, 0.1) is 10.9 Å². The monoisotopic (exact) mass is 419 g/mol. The summed E-state index contributed by atoms with van der Waals surface area (Å²) in [7, 11) is 3.84. The Labute approximate surface area is 168 Å². The lowest BCUT2D eigenvalue weighted by atomic mass is 9.83. The van der Waals surface area contributed by atoms with Gasteiger partial charge in [0.15, 0.2) is 0 Å². The minimum Gasteiger partial charge on any atom is -0.480 e. The van der Waals surface area contributed by atoms with Crippen molar-refractivity contribution in [2.45, 2.75) is 16.2 Å². The number of anilines is 1. The Kier molecular flexibility index (Phi) is 4.54. The molecule has 2 amide bonds. The number of aromatic amines is 1. The van der Waals surface area contributed by atoms with Crippen LogP contribution in [0.1, 0.15) is 16.4 Å². The van der Waals surface area contributed by atoms with Gasteiger partial charge in [-0.15, -0.1) is 0 Å². The molecule has 146 valence electrons. The number of nitrogens with one attached hydrogen (secondary N) is 1. The summed E-state index contributed by atoms with van der Waals surface area (Å²) in [5.41, 5.74) is 1.80. The Morgan fingerprint density at radius 1 is 1.18 bits per heavy atom. The summed E-state index contributed by atoms with van der Waals surface area (Å²) in [4.78, 5) is 54.8. The van der Waals surface area contributed by atoms with E-state index < -0.39 is 41.4 Å². The molecule has 0 aliphatic carbocycles. The normalized spacial score (nSPS) is 23.5. The van der Waals surface area contributed by atoms with Crippen LogP contribution in [0.4, 0.5) is 5.69 Å². The first-order chi connectivity index (χ1) is 13.3. The van der Waals surface area contributed by atoms with Gasteiger partial charge in [-0.3, -0.25) is 24.1 Å². The van der Waals surface area contributed by atoms with Crippen LogP contribution in [0.2, 0.25) is 0 Å². The number of nitrogens with zero attached hydrogens (tertiary/aromatic N) is 2. The van der Waals surface area contributed by atoms with Crippen molar-refractivity contribution in [3.8, 4) is 0 Å². The molecule has 2 aliphatic rings. The van der Waals surface area contributed by atoms with E-state index in [2.05, 4.69) is 4.98 Å². The highest BCUT2D eigenvalue weighted by molar-refractivity contribution is 8.00. The number of carbonyl (C=O) groups excluding carboxylic acids is 2. The van der Waals surface area contributed by atoms with Crippen LogP contribution in [-0.4, -0.2) is 58.7 Å². The van der Waals surface area contributed by atoms with Crippen LogP contribution >= 0.6 is 23.1 Å². The minimum atomic E-state index is -1.24. The number of carboxylic acid groups (broad SMARTS) is 1. The maximum Gasteiger partial charge on any atom is 0.323 e. The van der Waals surface area contributed by atoms with Crippen LogP contribution in [0.5, 0.6) is 0 Å². The maximum atomic E-state index is 13.0. The Morgan fingerprint density at radius 3 is 2.46 bits per heavy atom. The Morgan fingerprint density at radius 2 is 1.86 bits per heavy atom. The van der Waals surface area contributed by atoms with E-state index in [1.807, 2.05) is 43.3 Å². The van der Waals surface area contributed by atoms with Crippen LogP contribution in [0.15, 0.2) is 34.1 Å². The fraction of sp³-hybridized carbons (Fsp3) is 0.333. The summed E-state index contributed by atoms with van der Waals surface area (Å²) in [5, 5.41) is 8.91. The molecule has 2 N–H and O–H groups in total. The van der Waals surface area contributed by atoms with Gasteiger partial charge in [-0.25, -0.2) is 0 Å². The standard InChI is InChI=1S/C18H17N3O5S2/c1-20(2)9-5-3-8(4-6-9)11-12-14(27-15-13(11)28-18(26)19-15)17(25)21(16(12)24)7-10(22)23/h3-6,11-12,14H,7H2,1-2H3,(H,19,26)(H,22,23)/t11-,12+,14-/m0/s1. The molecule has 4 rings (SSSR count). The number of benzene rings is 1. The van der Waals surface area contributed by atoms with Gasteiger partial charge in [-0.05, 0) is 17.7 Å². The molecule has 2 aromatic rings. The van der Waals surface area contributed by atoms with E-state index in [0.717, 1.165) is 39.2 Å². The first kappa shape index (κ1) is 18.8. The van der Waals surface area contributed by atoms with Gasteiger partial charge in [0.1, 0.15) is 11.8 Å². The van der Waals surface area contributed by atoms with Gasteiger partial charge < -0.3 is 15.0 Å². The number of aromatic nitrogens is 1. The van der Waals surface area contributed by atoms with Gasteiger partial charge >= 0.3 is 10.8 Å². The highest BCUT2D eigenvalue weighted by atomic mass is 32.2. The summed E-state index contributed by atoms with van der Waals surface area (Å²) in [6.45, 7) is -0.651. The van der Waals surface area contributed by atoms with E-state index in [-0.39, 0.29) is 4.87 Å². The number of amides is 2. The quantitative estimate of drug-likeness (QED) is 0.716. The predicted molar refractivity (Wildman–Crippen MR) is 105 cm³/mol. The van der Waals surface area contributed by atoms with Crippen LogP contribution < -0.4 is 9.77 Å². The smallest absolute Gasteiger partial charge is 0.323 e. The second kappa shape index (κ2) is 6.78. The molecule has 3 heterocycles. The minimum absolute atomic E-state index is 0.241. The first-order valence-electron chi connectivity index (χ1n) is 8.52. The zero-order valence-corrected chi connectivity index (χ0v) is 16.7. The number of likely N-dealkylation sites (tertiary alicyclic amines) is 1. The Hall–Kier alpha value is -2.59. The molecular formula is C18H17N3O5S2. The molecule has 1 aromatic carbocycles. The number of imide groups is 1. The van der Waals surface area contributed by atoms with Crippen LogP contribution in [0.3, 0.4) is 0 Å². The van der Waals surface area contributed by atoms with E-state index in [1.165, 1.54) is 0 Å². The molecule has 0 bridgehead atoms. The highest BCUT2D eigenvalue weighted by Crippen LogP contribution is 2.52. The molecule has 10 heteroatoms. The zero-order chi connectivity index (χ0) is 20.2. The predicted octanol–water partition coefficient (Wildman–Crippen LogP) is 1.18. The largest absolute Gasteiger partial charge is 0.480 e. The Bertz CT molecular complexity index is 1030. The topological polar surface area (TPSA) is 111 Å². The molecule has 1 aromatic heterocycles. The van der Waals surface area contributed by atoms with Crippen LogP contribution in [0, 0.1) is 5.92 Å². The van der Waals surface area contributed by atoms with Crippen molar-refractivity contribution in [2.75, 3.05) is 25.5 Å². The van der Waals surface area contributed by atoms with Crippen molar-refractivity contribution in [2.24, 2.45) is 5.92 Å². The lowest BCUT2D eigenvalue weighted by molar-refractivity contribution is -0.149. The average molecular weight is 419 g/mol. The molecule has 0 saturated carbocycles. The van der Waals surface area contributed by atoms with Gasteiger partial charge in [0.25, 0.3) is 0 Å². The number of rotatable bonds is 4. The number of fused-ring (bicyclic) bond motifs is 2. The van der Waals surface area contributed by atoms with E-state index in [9.17, 15) is 19.2 Å². The molecule has 0 unspecified atom stereocenters. The lowest BCUT2D eigenvalue weighted by Gasteiger charge is -2.30. The Balaban J connectivity index is 1.82. The molecule has 2 aliphatic heterocycles. The van der Waals surface area contributed by atoms with Crippen molar-refractivity contribution < 1.29 is 19.5 Å². The molecule has 28 heavy (non-hydrogen) atoms. The second-order valence-electron chi connectivity index (χ2n) is 6.89. The summed E-state index contributed by atoms with van der Waals surface area (Å²) in [6.07, 6.45) is 0. The van der Waals surface area contributed by atoms with E-state index in [1.54, 1.807) is 0 Å². The molecule has 1 fully saturated rings. The SMILES string of the molecule is CN(C)c1ccc([C@@H]2c3sc(=O)[nH]c3S[C@@H]3C(=O)N(CC(=O)O)C(=O)[C@H]23)cc1. The third kappa shape index (κ3) is 2.92. The average Bonchev–Trinajstić information content (AvgIpc) is 3.12. The van der Waals surface area contributed by atoms with Gasteiger partial charge in [0.2, 0.25) is 11.8 Å². The highest BCUT2D eigenvalue weighted by Gasteiger charge is 2.56. The number of carboxylic acids is 1. The maximum absolute atomic E-state index is 13.0. The number of H-pyrrole nitrogens is 1. The molecule has 8 nitrogen and oxygen atoms in total. The molecular weight excluding hydrogens is 402 g/mol. The van der Waals surface area contributed by atoms with Crippen LogP contribution in [-0.2, 0) is 14.4 Å². The van der Waals surface area contributed by atoms with Crippen molar-refractivity contribution in [1.82, 2.24) is 9.88 Å². The van der Waals surface area contributed by atoms with Crippen molar-refractivity contribution in [3.63, 3.8) is 0 Å². The van der Waals surface area contributed by atoms with Gasteiger partial charge in [-0.2, -0.15) is 0 Å². The molecule has 0 radical (unpaired) electrons. The van der Waals surface area contributed by atoms with Gasteiger partial charge in [-0.1, -0.05) is 35.2 Å². The van der Waals surface area contributed by atoms with Crippen molar-refractivity contribution in [1.29, 1.82) is 0 Å². The van der Waals surface area contributed by atoms with E-state index in [0.29, 0.717) is 9.90 Å². The third-order valence-corrected chi connectivity index (χ3v) is 7.38. The number of thioether (sulfide) groups is 1. The van der Waals surface area contributed by atoms with E-state index >= 15 is 0 Å². The molecule has 0 spiro atoms. The second-order valence-corrected chi connectivity index (χ2v) is 9.06. The summed E-state index contributed by atoms with van der Waals surface area (Å²) < 4.78 is 0. The number of thiazole rings is 1. The zero-order valence-electron chi connectivity index (χ0n) is 15.0. The van der Waals surface area contributed by atoms with Gasteiger partial charge in [0, 0.05) is 30.6 Å².